The SMILES string of the molecule is CCC1COC(C)CN1Cc1cc(N)ccc1O. The minimum Gasteiger partial charge on any atom is -0.508 e. The second kappa shape index (κ2) is 5.59. The zero-order valence-corrected chi connectivity index (χ0v) is 11.1. The lowest BCUT2D eigenvalue weighted by Gasteiger charge is -2.38. The Morgan fingerprint density at radius 3 is 3.00 bits per heavy atom. The molecule has 1 aliphatic heterocycles. The van der Waals surface area contributed by atoms with Crippen LogP contribution in [0, 0.1) is 0 Å². The van der Waals surface area contributed by atoms with Crippen LogP contribution in [-0.4, -0.2) is 35.3 Å². The number of phenolic OH excluding ortho intramolecular Hbond substituents is 1. The molecular formula is C14H22N2O2. The first kappa shape index (κ1) is 13.2. The highest BCUT2D eigenvalue weighted by Gasteiger charge is 2.26. The molecule has 0 radical (unpaired) electrons. The fourth-order valence-corrected chi connectivity index (χ4v) is 2.43. The molecule has 1 heterocycles. The Kier molecular flexibility index (Phi) is 4.09. The molecule has 1 aliphatic rings. The highest BCUT2D eigenvalue weighted by molar-refractivity contribution is 5.47. The Morgan fingerprint density at radius 2 is 2.28 bits per heavy atom. The Bertz CT molecular complexity index is 409. The van der Waals surface area contributed by atoms with Gasteiger partial charge in [-0.25, -0.2) is 0 Å². The summed E-state index contributed by atoms with van der Waals surface area (Å²) in [7, 11) is 0. The molecule has 2 unspecified atom stereocenters. The highest BCUT2D eigenvalue weighted by atomic mass is 16.5. The Hall–Kier alpha value is -1.26. The average Bonchev–Trinajstić information content (AvgIpc) is 2.34. The number of anilines is 1. The Morgan fingerprint density at radius 1 is 1.50 bits per heavy atom. The van der Waals surface area contributed by atoms with Crippen molar-refractivity contribution in [3.05, 3.63) is 23.8 Å². The van der Waals surface area contributed by atoms with Crippen molar-refractivity contribution in [3.8, 4) is 5.75 Å². The van der Waals surface area contributed by atoms with Crippen LogP contribution in [0.5, 0.6) is 5.75 Å². The molecule has 2 rings (SSSR count). The number of hydrogen-bond donors (Lipinski definition) is 2. The van der Waals surface area contributed by atoms with Crippen molar-refractivity contribution in [3.63, 3.8) is 0 Å². The van der Waals surface area contributed by atoms with Crippen LogP contribution in [0.4, 0.5) is 5.69 Å². The normalized spacial score (nSPS) is 25.2. The molecule has 0 saturated carbocycles. The van der Waals surface area contributed by atoms with Gasteiger partial charge in [0, 0.05) is 30.4 Å². The first-order valence-electron chi connectivity index (χ1n) is 6.53. The minimum absolute atomic E-state index is 0.246. The standard InChI is InChI=1S/C14H22N2O2/c1-3-13-9-18-10(2)7-16(13)8-11-6-12(15)4-5-14(11)17/h4-6,10,13,17H,3,7-9,15H2,1-2H3. The molecule has 0 aliphatic carbocycles. The maximum absolute atomic E-state index is 9.88. The van der Waals surface area contributed by atoms with Gasteiger partial charge in [-0.15, -0.1) is 0 Å². The smallest absolute Gasteiger partial charge is 0.120 e. The predicted molar refractivity (Wildman–Crippen MR) is 72.4 cm³/mol. The molecule has 18 heavy (non-hydrogen) atoms. The molecule has 4 heteroatoms. The molecule has 1 saturated heterocycles. The lowest BCUT2D eigenvalue weighted by Crippen LogP contribution is -2.47. The Labute approximate surface area is 108 Å². The summed E-state index contributed by atoms with van der Waals surface area (Å²) >= 11 is 0. The van der Waals surface area contributed by atoms with Crippen LogP contribution in [0.2, 0.25) is 0 Å². The number of nitrogens with zero attached hydrogens (tertiary/aromatic N) is 1. The zero-order chi connectivity index (χ0) is 13.1. The van der Waals surface area contributed by atoms with Crippen LogP contribution >= 0.6 is 0 Å². The van der Waals surface area contributed by atoms with Gasteiger partial charge in [-0.2, -0.15) is 0 Å². The van der Waals surface area contributed by atoms with Gasteiger partial charge in [0.25, 0.3) is 0 Å². The second-order valence-electron chi connectivity index (χ2n) is 5.02. The second-order valence-corrected chi connectivity index (χ2v) is 5.02. The van der Waals surface area contributed by atoms with Crippen molar-refractivity contribution in [2.24, 2.45) is 0 Å². The van der Waals surface area contributed by atoms with Gasteiger partial charge in [-0.3, -0.25) is 4.90 Å². The number of rotatable bonds is 3. The number of ether oxygens (including phenoxy) is 1. The first-order valence-corrected chi connectivity index (χ1v) is 6.53. The van der Waals surface area contributed by atoms with E-state index in [4.69, 9.17) is 10.5 Å². The van der Waals surface area contributed by atoms with Crippen molar-refractivity contribution in [1.29, 1.82) is 0 Å². The molecule has 1 fully saturated rings. The lowest BCUT2D eigenvalue weighted by molar-refractivity contribution is -0.0593. The van der Waals surface area contributed by atoms with Gasteiger partial charge in [-0.05, 0) is 31.5 Å². The maximum atomic E-state index is 9.88. The van der Waals surface area contributed by atoms with Crippen LogP contribution in [0.1, 0.15) is 25.8 Å². The molecule has 2 atom stereocenters. The fraction of sp³-hybridized carbons (Fsp3) is 0.571. The van der Waals surface area contributed by atoms with Crippen molar-refractivity contribution < 1.29 is 9.84 Å². The predicted octanol–water partition coefficient (Wildman–Crippen LogP) is 1.97. The van der Waals surface area contributed by atoms with Crippen LogP contribution in [0.15, 0.2) is 18.2 Å². The van der Waals surface area contributed by atoms with Gasteiger partial charge in [0.2, 0.25) is 0 Å². The van der Waals surface area contributed by atoms with E-state index in [9.17, 15) is 5.11 Å². The van der Waals surface area contributed by atoms with Crippen LogP contribution in [0.25, 0.3) is 0 Å². The first-order chi connectivity index (χ1) is 8.60. The van der Waals surface area contributed by atoms with Crippen molar-refractivity contribution >= 4 is 5.69 Å². The van der Waals surface area contributed by atoms with Crippen molar-refractivity contribution in [1.82, 2.24) is 4.90 Å². The molecule has 0 aromatic heterocycles. The number of phenols is 1. The summed E-state index contributed by atoms with van der Waals surface area (Å²) in [5.74, 6) is 0.318. The lowest BCUT2D eigenvalue weighted by atomic mass is 10.1. The summed E-state index contributed by atoms with van der Waals surface area (Å²) in [6, 6.07) is 5.65. The monoisotopic (exact) mass is 250 g/mol. The van der Waals surface area contributed by atoms with E-state index >= 15 is 0 Å². The summed E-state index contributed by atoms with van der Waals surface area (Å²) in [5, 5.41) is 9.88. The molecule has 1 aromatic rings. The maximum Gasteiger partial charge on any atom is 0.120 e. The largest absolute Gasteiger partial charge is 0.508 e. The van der Waals surface area contributed by atoms with E-state index in [1.165, 1.54) is 0 Å². The summed E-state index contributed by atoms with van der Waals surface area (Å²) in [6.07, 6.45) is 1.30. The summed E-state index contributed by atoms with van der Waals surface area (Å²) in [6.45, 7) is 6.63. The van der Waals surface area contributed by atoms with Gasteiger partial charge in [0.1, 0.15) is 5.75 Å². The van der Waals surface area contributed by atoms with E-state index in [1.807, 2.05) is 6.07 Å². The molecule has 0 spiro atoms. The third-order valence-corrected chi connectivity index (χ3v) is 3.53. The van der Waals surface area contributed by atoms with E-state index in [1.54, 1.807) is 12.1 Å². The molecule has 100 valence electrons. The average molecular weight is 250 g/mol. The van der Waals surface area contributed by atoms with Gasteiger partial charge in [-0.1, -0.05) is 6.92 Å². The summed E-state index contributed by atoms with van der Waals surface area (Å²) in [5.41, 5.74) is 7.36. The van der Waals surface area contributed by atoms with E-state index in [-0.39, 0.29) is 6.10 Å². The number of nitrogen functional groups attached to an aromatic ring is 1. The van der Waals surface area contributed by atoms with Crippen molar-refractivity contribution in [2.75, 3.05) is 18.9 Å². The highest BCUT2D eigenvalue weighted by Crippen LogP contribution is 2.24. The van der Waals surface area contributed by atoms with Gasteiger partial charge < -0.3 is 15.6 Å². The van der Waals surface area contributed by atoms with E-state index < -0.39 is 0 Å². The minimum atomic E-state index is 0.246. The molecule has 1 aromatic carbocycles. The number of nitrogens with two attached hydrogens (primary N) is 1. The molecular weight excluding hydrogens is 228 g/mol. The van der Waals surface area contributed by atoms with Gasteiger partial charge in [0.15, 0.2) is 0 Å². The fourth-order valence-electron chi connectivity index (χ4n) is 2.43. The number of benzene rings is 1. The van der Waals surface area contributed by atoms with Crippen LogP contribution in [0.3, 0.4) is 0 Å². The van der Waals surface area contributed by atoms with Crippen LogP contribution < -0.4 is 5.73 Å². The summed E-state index contributed by atoms with van der Waals surface area (Å²) in [4.78, 5) is 2.36. The Balaban J connectivity index is 2.12. The molecule has 3 N–H and O–H groups in total. The summed E-state index contributed by atoms with van der Waals surface area (Å²) < 4.78 is 5.67. The topological polar surface area (TPSA) is 58.7 Å². The third-order valence-electron chi connectivity index (χ3n) is 3.53. The number of aromatic hydroxyl groups is 1. The molecule has 0 bridgehead atoms. The van der Waals surface area contributed by atoms with Crippen LogP contribution in [-0.2, 0) is 11.3 Å². The molecule has 4 nitrogen and oxygen atoms in total. The van der Waals surface area contributed by atoms with E-state index in [2.05, 4.69) is 18.7 Å². The third kappa shape index (κ3) is 2.94. The number of hydrogen-bond acceptors (Lipinski definition) is 4. The van der Waals surface area contributed by atoms with Crippen molar-refractivity contribution in [2.45, 2.75) is 39.0 Å². The van der Waals surface area contributed by atoms with E-state index in [0.29, 0.717) is 17.5 Å². The van der Waals surface area contributed by atoms with Gasteiger partial charge >= 0.3 is 0 Å². The zero-order valence-electron chi connectivity index (χ0n) is 11.1. The molecule has 0 amide bonds. The van der Waals surface area contributed by atoms with E-state index in [0.717, 1.165) is 31.7 Å². The number of morpholine rings is 1. The van der Waals surface area contributed by atoms with Gasteiger partial charge in [0.05, 0.1) is 12.7 Å². The quantitative estimate of drug-likeness (QED) is 0.636.